The lowest BCUT2D eigenvalue weighted by atomic mass is 9.92. The fraction of sp³-hybridized carbons (Fsp3) is 0.600. The van der Waals surface area contributed by atoms with E-state index in [2.05, 4.69) is 36.7 Å². The number of anilines is 1. The molecule has 0 aromatic carbocycles. The first kappa shape index (κ1) is 14.1. The van der Waals surface area contributed by atoms with E-state index in [0.29, 0.717) is 17.0 Å². The number of aromatic nitrogens is 2. The topological polar surface area (TPSA) is 29.0 Å². The first-order valence-corrected chi connectivity index (χ1v) is 8.47. The van der Waals surface area contributed by atoms with E-state index in [4.69, 9.17) is 16.6 Å². The molecule has 2 atom stereocenters. The fourth-order valence-corrected chi connectivity index (χ4v) is 4.31. The standard InChI is InChI=1S/C15H20ClN3S/c1-4-11-6-12-13(16)17-15(18-14(12)20-11)19-7-9(2)5-10(3)8-19/h6,9-10H,4-5,7-8H2,1-3H3. The van der Waals surface area contributed by atoms with Gasteiger partial charge in [0.25, 0.3) is 0 Å². The number of piperidine rings is 1. The second-order valence-corrected chi connectivity index (χ2v) is 7.42. The molecule has 2 aromatic rings. The van der Waals surface area contributed by atoms with E-state index in [9.17, 15) is 0 Å². The molecule has 0 N–H and O–H groups in total. The van der Waals surface area contributed by atoms with Gasteiger partial charge in [-0.2, -0.15) is 0 Å². The van der Waals surface area contributed by atoms with Crippen LogP contribution in [0.1, 0.15) is 32.1 Å². The summed E-state index contributed by atoms with van der Waals surface area (Å²) in [5.41, 5.74) is 0. The van der Waals surface area contributed by atoms with Crippen LogP contribution in [0, 0.1) is 11.8 Å². The van der Waals surface area contributed by atoms with E-state index in [-0.39, 0.29) is 0 Å². The molecule has 108 valence electrons. The Morgan fingerprint density at radius 2 is 2.00 bits per heavy atom. The van der Waals surface area contributed by atoms with Crippen molar-refractivity contribution in [2.45, 2.75) is 33.6 Å². The monoisotopic (exact) mass is 309 g/mol. The van der Waals surface area contributed by atoms with E-state index in [1.807, 2.05) is 0 Å². The first-order chi connectivity index (χ1) is 9.56. The fourth-order valence-electron chi connectivity index (χ4n) is 3.07. The predicted octanol–water partition coefficient (Wildman–Crippen LogP) is 4.39. The molecule has 1 aliphatic rings. The van der Waals surface area contributed by atoms with Gasteiger partial charge >= 0.3 is 0 Å². The number of thiophene rings is 1. The molecule has 0 aliphatic carbocycles. The van der Waals surface area contributed by atoms with Crippen LogP contribution < -0.4 is 4.90 Å². The number of fused-ring (bicyclic) bond motifs is 1. The van der Waals surface area contributed by atoms with Gasteiger partial charge in [-0.25, -0.2) is 9.97 Å². The number of aryl methyl sites for hydroxylation is 1. The maximum Gasteiger partial charge on any atom is 0.228 e. The molecule has 0 saturated carbocycles. The predicted molar refractivity (Wildman–Crippen MR) is 87.0 cm³/mol. The molecule has 20 heavy (non-hydrogen) atoms. The van der Waals surface area contributed by atoms with Crippen molar-refractivity contribution in [3.8, 4) is 0 Å². The zero-order valence-electron chi connectivity index (χ0n) is 12.2. The highest BCUT2D eigenvalue weighted by atomic mass is 35.5. The molecule has 3 rings (SSSR count). The number of nitrogens with zero attached hydrogens (tertiary/aromatic N) is 3. The van der Waals surface area contributed by atoms with E-state index in [1.165, 1.54) is 11.3 Å². The van der Waals surface area contributed by atoms with Crippen molar-refractivity contribution in [1.29, 1.82) is 0 Å². The Kier molecular flexibility index (Phi) is 3.87. The number of rotatable bonds is 2. The average Bonchev–Trinajstić information content (AvgIpc) is 2.81. The third-order valence-electron chi connectivity index (χ3n) is 3.89. The van der Waals surface area contributed by atoms with Crippen molar-refractivity contribution in [2.75, 3.05) is 18.0 Å². The molecule has 1 fully saturated rings. The van der Waals surface area contributed by atoms with Crippen molar-refractivity contribution in [1.82, 2.24) is 9.97 Å². The largest absolute Gasteiger partial charge is 0.340 e. The molecular weight excluding hydrogens is 290 g/mol. The second-order valence-electron chi connectivity index (χ2n) is 5.95. The van der Waals surface area contributed by atoms with Crippen LogP contribution in [0.15, 0.2) is 6.07 Å². The Bertz CT molecular complexity index is 615. The summed E-state index contributed by atoms with van der Waals surface area (Å²) in [6, 6.07) is 2.12. The number of hydrogen-bond acceptors (Lipinski definition) is 4. The highest BCUT2D eigenvalue weighted by molar-refractivity contribution is 7.18. The van der Waals surface area contributed by atoms with Crippen LogP contribution in [0.3, 0.4) is 0 Å². The van der Waals surface area contributed by atoms with Gasteiger partial charge in [0.05, 0.1) is 0 Å². The lowest BCUT2D eigenvalue weighted by Crippen LogP contribution is -2.39. The van der Waals surface area contributed by atoms with Crippen LogP contribution in [-0.2, 0) is 6.42 Å². The van der Waals surface area contributed by atoms with Gasteiger partial charge in [-0.05, 0) is 30.7 Å². The maximum atomic E-state index is 6.35. The van der Waals surface area contributed by atoms with Crippen molar-refractivity contribution in [3.05, 3.63) is 16.1 Å². The summed E-state index contributed by atoms with van der Waals surface area (Å²) < 4.78 is 0. The molecule has 1 aliphatic heterocycles. The van der Waals surface area contributed by atoms with Crippen LogP contribution in [-0.4, -0.2) is 23.1 Å². The summed E-state index contributed by atoms with van der Waals surface area (Å²) in [6.07, 6.45) is 2.30. The lowest BCUT2D eigenvalue weighted by molar-refractivity contribution is 0.354. The van der Waals surface area contributed by atoms with Crippen LogP contribution >= 0.6 is 22.9 Å². The number of hydrogen-bond donors (Lipinski definition) is 0. The minimum atomic E-state index is 0.590. The van der Waals surface area contributed by atoms with Gasteiger partial charge in [-0.1, -0.05) is 32.4 Å². The zero-order valence-corrected chi connectivity index (χ0v) is 13.8. The van der Waals surface area contributed by atoms with Gasteiger partial charge in [0.1, 0.15) is 9.98 Å². The summed E-state index contributed by atoms with van der Waals surface area (Å²) in [6.45, 7) is 8.80. The minimum absolute atomic E-state index is 0.590. The zero-order chi connectivity index (χ0) is 14.3. The van der Waals surface area contributed by atoms with E-state index >= 15 is 0 Å². The van der Waals surface area contributed by atoms with Crippen molar-refractivity contribution in [2.24, 2.45) is 11.8 Å². The Hall–Kier alpha value is -0.870. The first-order valence-electron chi connectivity index (χ1n) is 7.27. The van der Waals surface area contributed by atoms with Gasteiger partial charge in [0.15, 0.2) is 0 Å². The molecule has 0 radical (unpaired) electrons. The summed E-state index contributed by atoms with van der Waals surface area (Å²) in [5, 5.41) is 1.59. The van der Waals surface area contributed by atoms with Crippen LogP contribution in [0.2, 0.25) is 5.15 Å². The quantitative estimate of drug-likeness (QED) is 0.770. The van der Waals surface area contributed by atoms with Crippen molar-refractivity contribution >= 4 is 39.1 Å². The molecule has 3 heterocycles. The summed E-state index contributed by atoms with van der Waals surface area (Å²) in [7, 11) is 0. The van der Waals surface area contributed by atoms with E-state index in [1.54, 1.807) is 11.3 Å². The molecule has 0 spiro atoms. The molecule has 5 heteroatoms. The van der Waals surface area contributed by atoms with Gasteiger partial charge in [-0.15, -0.1) is 11.3 Å². The van der Waals surface area contributed by atoms with Crippen LogP contribution in [0.4, 0.5) is 5.95 Å². The van der Waals surface area contributed by atoms with Crippen molar-refractivity contribution < 1.29 is 0 Å². The second kappa shape index (κ2) is 5.49. The lowest BCUT2D eigenvalue weighted by Gasteiger charge is -2.34. The van der Waals surface area contributed by atoms with Crippen LogP contribution in [0.25, 0.3) is 10.2 Å². The normalized spacial score (nSPS) is 23.5. The molecule has 1 saturated heterocycles. The van der Waals surface area contributed by atoms with Gasteiger partial charge in [0.2, 0.25) is 5.95 Å². The molecule has 0 amide bonds. The SMILES string of the molecule is CCc1cc2c(Cl)nc(N3CC(C)CC(C)C3)nc2s1. The Labute approximate surface area is 129 Å². The van der Waals surface area contributed by atoms with Crippen LogP contribution in [0.5, 0.6) is 0 Å². The Balaban J connectivity index is 1.99. The van der Waals surface area contributed by atoms with Crippen molar-refractivity contribution in [3.63, 3.8) is 0 Å². The van der Waals surface area contributed by atoms with Gasteiger partial charge in [0, 0.05) is 23.4 Å². The smallest absolute Gasteiger partial charge is 0.228 e. The molecule has 2 aromatic heterocycles. The number of halogens is 1. The third-order valence-corrected chi connectivity index (χ3v) is 5.35. The highest BCUT2D eigenvalue weighted by Gasteiger charge is 2.24. The van der Waals surface area contributed by atoms with Gasteiger partial charge in [-0.3, -0.25) is 0 Å². The summed E-state index contributed by atoms with van der Waals surface area (Å²) in [4.78, 5) is 13.9. The Morgan fingerprint density at radius 3 is 2.65 bits per heavy atom. The summed E-state index contributed by atoms with van der Waals surface area (Å²) >= 11 is 8.08. The highest BCUT2D eigenvalue weighted by Crippen LogP contribution is 2.32. The molecule has 0 bridgehead atoms. The minimum Gasteiger partial charge on any atom is -0.340 e. The van der Waals surface area contributed by atoms with E-state index in [0.717, 1.165) is 35.7 Å². The maximum absolute atomic E-state index is 6.35. The molecular formula is C15H20ClN3S. The summed E-state index contributed by atoms with van der Waals surface area (Å²) in [5.74, 6) is 2.17. The molecule has 3 nitrogen and oxygen atoms in total. The third kappa shape index (κ3) is 2.63. The Morgan fingerprint density at radius 1 is 1.30 bits per heavy atom. The molecule has 2 unspecified atom stereocenters. The van der Waals surface area contributed by atoms with Gasteiger partial charge < -0.3 is 4.90 Å². The van der Waals surface area contributed by atoms with E-state index < -0.39 is 0 Å². The average molecular weight is 310 g/mol.